The van der Waals surface area contributed by atoms with Gasteiger partial charge in [0.1, 0.15) is 18.0 Å². The Labute approximate surface area is 212 Å². The maximum atomic E-state index is 15.3. The smallest absolute Gasteiger partial charge is 0.251 e. The standard InChI is InChI=1S/C24H18ClF2N9O/c1-11-6-18(15-9-29-24(31-15)13-2-5-19(28)32-23(13)27)36-17(11)7-12(8-20(36)37)21-16(35-10-30-33-34-35)4-3-14(25)22(21)26/h2-5,7-11,18H,6H2,1H3,(H2,28,32)(H,29,31)/t11-,18-/m1/s1. The summed E-state index contributed by atoms with van der Waals surface area (Å²) < 4.78 is 32.6. The molecule has 0 spiro atoms. The summed E-state index contributed by atoms with van der Waals surface area (Å²) in [5.74, 6) is -1.13. The molecule has 5 aromatic rings. The lowest BCUT2D eigenvalue weighted by molar-refractivity contribution is 0.570. The number of nitrogens with zero attached hydrogens (tertiary/aromatic N) is 7. The van der Waals surface area contributed by atoms with Gasteiger partial charge in [-0.15, -0.1) is 5.10 Å². The van der Waals surface area contributed by atoms with Crippen molar-refractivity contribution in [1.82, 2.24) is 39.7 Å². The third kappa shape index (κ3) is 3.76. The molecular formula is C24H18ClF2N9O. The number of benzene rings is 1. The van der Waals surface area contributed by atoms with Crippen LogP contribution in [0.3, 0.4) is 0 Å². The van der Waals surface area contributed by atoms with Gasteiger partial charge in [-0.25, -0.2) is 14.4 Å². The van der Waals surface area contributed by atoms with Crippen LogP contribution in [-0.4, -0.2) is 39.7 Å². The first-order valence-electron chi connectivity index (χ1n) is 11.3. The van der Waals surface area contributed by atoms with Gasteiger partial charge in [0.05, 0.1) is 34.2 Å². The average molecular weight is 522 g/mol. The number of nitrogens with two attached hydrogens (primary N) is 1. The van der Waals surface area contributed by atoms with E-state index in [-0.39, 0.29) is 45.3 Å². The molecule has 37 heavy (non-hydrogen) atoms. The molecule has 3 N–H and O–H groups in total. The summed E-state index contributed by atoms with van der Waals surface area (Å²) in [6.45, 7) is 1.98. The number of halogens is 3. The first-order valence-corrected chi connectivity index (χ1v) is 11.6. The Bertz CT molecular complexity index is 1710. The highest BCUT2D eigenvalue weighted by atomic mass is 35.5. The van der Waals surface area contributed by atoms with Crippen molar-refractivity contribution in [2.75, 3.05) is 5.73 Å². The summed E-state index contributed by atoms with van der Waals surface area (Å²) >= 11 is 6.09. The Balaban J connectivity index is 1.44. The van der Waals surface area contributed by atoms with Crippen LogP contribution in [0.4, 0.5) is 14.6 Å². The van der Waals surface area contributed by atoms with Gasteiger partial charge in [-0.3, -0.25) is 4.79 Å². The van der Waals surface area contributed by atoms with E-state index in [1.807, 2.05) is 6.92 Å². The average Bonchev–Trinajstić information content (AvgIpc) is 3.62. The highest BCUT2D eigenvalue weighted by molar-refractivity contribution is 6.31. The fourth-order valence-corrected chi connectivity index (χ4v) is 4.99. The minimum Gasteiger partial charge on any atom is -0.384 e. The number of fused-ring (bicyclic) bond motifs is 1. The van der Waals surface area contributed by atoms with Gasteiger partial charge < -0.3 is 15.3 Å². The van der Waals surface area contributed by atoms with Crippen molar-refractivity contribution >= 4 is 17.4 Å². The van der Waals surface area contributed by atoms with Crippen LogP contribution in [0.1, 0.15) is 36.7 Å². The van der Waals surface area contributed by atoms with Crippen molar-refractivity contribution in [2.24, 2.45) is 0 Å². The second-order valence-electron chi connectivity index (χ2n) is 8.80. The lowest BCUT2D eigenvalue weighted by Gasteiger charge is -2.16. The van der Waals surface area contributed by atoms with Crippen molar-refractivity contribution in [3.05, 3.63) is 87.5 Å². The lowest BCUT2D eigenvalue weighted by Crippen LogP contribution is -2.23. The van der Waals surface area contributed by atoms with Crippen molar-refractivity contribution in [1.29, 1.82) is 0 Å². The molecule has 13 heteroatoms. The molecule has 10 nitrogen and oxygen atoms in total. The van der Waals surface area contributed by atoms with E-state index in [1.54, 1.807) is 22.9 Å². The zero-order valence-electron chi connectivity index (χ0n) is 19.2. The Morgan fingerprint density at radius 1 is 1.19 bits per heavy atom. The van der Waals surface area contributed by atoms with Crippen LogP contribution in [0.5, 0.6) is 0 Å². The minimum atomic E-state index is -0.746. The van der Waals surface area contributed by atoms with Gasteiger partial charge in [0.2, 0.25) is 5.95 Å². The number of nitrogens with one attached hydrogen (secondary N) is 1. The van der Waals surface area contributed by atoms with Crippen LogP contribution in [0.15, 0.2) is 53.7 Å². The van der Waals surface area contributed by atoms with E-state index in [4.69, 9.17) is 17.3 Å². The van der Waals surface area contributed by atoms with E-state index in [0.29, 0.717) is 29.1 Å². The van der Waals surface area contributed by atoms with Crippen LogP contribution in [0, 0.1) is 11.8 Å². The fourth-order valence-electron chi connectivity index (χ4n) is 4.83. The maximum absolute atomic E-state index is 15.3. The number of tetrazole rings is 1. The SMILES string of the molecule is C[C@@H]1C[C@H](c2cnc(-c3ccc(N)nc3F)[nH]2)n2c1cc(-c1c(-n3cnnn3)ccc(Cl)c1F)cc2=O. The molecule has 2 atom stereocenters. The van der Waals surface area contributed by atoms with E-state index >= 15 is 4.39 Å². The number of nitrogen functional groups attached to an aromatic ring is 1. The Kier molecular flexibility index (Phi) is 5.33. The third-order valence-corrected chi connectivity index (χ3v) is 6.82. The normalized spacial score (nSPS) is 16.8. The maximum Gasteiger partial charge on any atom is 0.251 e. The number of rotatable bonds is 4. The molecule has 1 aliphatic heterocycles. The number of aromatic nitrogens is 8. The molecule has 1 aliphatic rings. The minimum absolute atomic E-state index is 0.0435. The monoisotopic (exact) mass is 521 g/mol. The Morgan fingerprint density at radius 3 is 2.78 bits per heavy atom. The quantitative estimate of drug-likeness (QED) is 0.343. The molecule has 4 aromatic heterocycles. The molecular weight excluding hydrogens is 504 g/mol. The second kappa shape index (κ2) is 8.59. The van der Waals surface area contributed by atoms with E-state index in [9.17, 15) is 9.18 Å². The van der Waals surface area contributed by atoms with Crippen molar-refractivity contribution in [2.45, 2.75) is 25.3 Å². The molecule has 0 amide bonds. The van der Waals surface area contributed by atoms with Crippen LogP contribution in [-0.2, 0) is 0 Å². The number of hydrogen-bond donors (Lipinski definition) is 2. The molecule has 1 aromatic carbocycles. The summed E-state index contributed by atoms with van der Waals surface area (Å²) in [5, 5.41) is 11.0. The molecule has 6 rings (SSSR count). The van der Waals surface area contributed by atoms with E-state index in [1.165, 1.54) is 35.3 Å². The van der Waals surface area contributed by atoms with Gasteiger partial charge in [0.25, 0.3) is 5.56 Å². The van der Waals surface area contributed by atoms with Gasteiger partial charge in [-0.1, -0.05) is 18.5 Å². The third-order valence-electron chi connectivity index (χ3n) is 6.53. The molecule has 0 radical (unpaired) electrons. The molecule has 0 unspecified atom stereocenters. The number of pyridine rings is 2. The van der Waals surface area contributed by atoms with Crippen molar-refractivity contribution < 1.29 is 8.78 Å². The molecule has 186 valence electrons. The highest BCUT2D eigenvalue weighted by Crippen LogP contribution is 2.41. The summed E-state index contributed by atoms with van der Waals surface area (Å²) in [6, 6.07) is 8.73. The zero-order chi connectivity index (χ0) is 25.8. The second-order valence-corrected chi connectivity index (χ2v) is 9.21. The van der Waals surface area contributed by atoms with Crippen LogP contribution < -0.4 is 11.3 Å². The predicted molar refractivity (Wildman–Crippen MR) is 131 cm³/mol. The molecule has 0 bridgehead atoms. The first kappa shape index (κ1) is 23.0. The topological polar surface area (TPSA) is 133 Å². The Hall–Kier alpha value is -4.45. The van der Waals surface area contributed by atoms with Crippen molar-refractivity contribution in [3.8, 4) is 28.2 Å². The van der Waals surface area contributed by atoms with E-state index in [2.05, 4.69) is 30.5 Å². The van der Waals surface area contributed by atoms with E-state index in [0.717, 1.165) is 0 Å². The van der Waals surface area contributed by atoms with Gasteiger partial charge in [-0.2, -0.15) is 9.07 Å². The molecule has 0 saturated carbocycles. The summed E-state index contributed by atoms with van der Waals surface area (Å²) in [6.07, 6.45) is 3.49. The van der Waals surface area contributed by atoms with Gasteiger partial charge in [0.15, 0.2) is 5.82 Å². The number of anilines is 1. The van der Waals surface area contributed by atoms with Gasteiger partial charge >= 0.3 is 0 Å². The fraction of sp³-hybridized carbons (Fsp3) is 0.167. The van der Waals surface area contributed by atoms with Gasteiger partial charge in [0, 0.05) is 17.3 Å². The molecule has 0 aliphatic carbocycles. The lowest BCUT2D eigenvalue weighted by atomic mass is 9.99. The molecule has 5 heterocycles. The van der Waals surface area contributed by atoms with Crippen LogP contribution in [0.2, 0.25) is 5.02 Å². The summed E-state index contributed by atoms with van der Waals surface area (Å²) in [5.41, 5.74) is 7.54. The van der Waals surface area contributed by atoms with Crippen molar-refractivity contribution in [3.63, 3.8) is 0 Å². The first-order chi connectivity index (χ1) is 17.8. The van der Waals surface area contributed by atoms with E-state index < -0.39 is 11.8 Å². The number of hydrogen-bond acceptors (Lipinski definition) is 7. The summed E-state index contributed by atoms with van der Waals surface area (Å²) in [7, 11) is 0. The Morgan fingerprint density at radius 2 is 2.03 bits per heavy atom. The number of H-pyrrole nitrogens is 1. The van der Waals surface area contributed by atoms with Crippen LogP contribution in [0.25, 0.3) is 28.2 Å². The number of aromatic amines is 1. The van der Waals surface area contributed by atoms with Crippen LogP contribution >= 0.6 is 11.6 Å². The zero-order valence-corrected chi connectivity index (χ0v) is 20.0. The highest BCUT2D eigenvalue weighted by Gasteiger charge is 2.33. The largest absolute Gasteiger partial charge is 0.384 e. The summed E-state index contributed by atoms with van der Waals surface area (Å²) in [4.78, 5) is 24.5. The van der Waals surface area contributed by atoms with Gasteiger partial charge in [-0.05, 0) is 58.7 Å². The number of imidazole rings is 1. The molecule has 0 saturated heterocycles. The molecule has 0 fully saturated rings. The predicted octanol–water partition coefficient (Wildman–Crippen LogP) is 3.89.